The number of fused-ring (bicyclic) bond motifs is 1. The molecule has 0 saturated carbocycles. The van der Waals surface area contributed by atoms with E-state index < -0.39 is 0 Å². The molecule has 1 unspecified atom stereocenters. The van der Waals surface area contributed by atoms with Crippen LogP contribution in [0.2, 0.25) is 0 Å². The van der Waals surface area contributed by atoms with E-state index in [0.29, 0.717) is 6.10 Å². The largest absolute Gasteiger partial charge is 0.380 e. The molecule has 1 atom stereocenters. The van der Waals surface area contributed by atoms with Crippen molar-refractivity contribution < 1.29 is 4.74 Å². The molecule has 0 amide bonds. The summed E-state index contributed by atoms with van der Waals surface area (Å²) in [4.78, 5) is 3.98. The van der Waals surface area contributed by atoms with Crippen LogP contribution in [0.4, 0.5) is 0 Å². The van der Waals surface area contributed by atoms with Crippen LogP contribution in [0.1, 0.15) is 16.9 Å². The van der Waals surface area contributed by atoms with E-state index in [0.717, 1.165) is 32.6 Å². The molecule has 0 spiro atoms. The molecule has 1 N–H and O–H groups in total. The molecule has 1 aliphatic heterocycles. The number of benzene rings is 1. The van der Waals surface area contributed by atoms with E-state index in [-0.39, 0.29) is 0 Å². The maximum atomic E-state index is 5.47. The first kappa shape index (κ1) is 14.0. The highest BCUT2D eigenvalue weighted by Crippen LogP contribution is 2.33. The number of methoxy groups -OCH3 is 1. The summed E-state index contributed by atoms with van der Waals surface area (Å²) in [7, 11) is 3.84. The van der Waals surface area contributed by atoms with Crippen LogP contribution in [-0.4, -0.2) is 38.3 Å². The minimum absolute atomic E-state index is 0.410. The van der Waals surface area contributed by atoms with Crippen LogP contribution in [0.3, 0.4) is 0 Å². The number of nitrogens with zero attached hydrogens (tertiary/aromatic N) is 1. The van der Waals surface area contributed by atoms with Gasteiger partial charge in [0.2, 0.25) is 0 Å². The Morgan fingerprint density at radius 2 is 2.25 bits per heavy atom. The summed E-state index contributed by atoms with van der Waals surface area (Å²) in [6.45, 7) is 4.19. The van der Waals surface area contributed by atoms with Gasteiger partial charge in [-0.1, -0.05) is 18.2 Å². The highest BCUT2D eigenvalue weighted by atomic mass is 32.1. The van der Waals surface area contributed by atoms with Crippen molar-refractivity contribution in [2.75, 3.05) is 27.2 Å². The summed E-state index contributed by atoms with van der Waals surface area (Å²) in [5.74, 6) is 0. The molecular formula is C16H22N2OS. The van der Waals surface area contributed by atoms with E-state index in [1.165, 1.54) is 20.5 Å². The fourth-order valence-corrected chi connectivity index (χ4v) is 4.21. The summed E-state index contributed by atoms with van der Waals surface area (Å²) in [6, 6.07) is 8.75. The van der Waals surface area contributed by atoms with Crippen molar-refractivity contribution in [1.82, 2.24) is 10.2 Å². The molecule has 1 aromatic carbocycles. The average molecular weight is 290 g/mol. The van der Waals surface area contributed by atoms with Gasteiger partial charge in [-0.3, -0.25) is 4.90 Å². The van der Waals surface area contributed by atoms with E-state index in [1.807, 2.05) is 25.5 Å². The number of rotatable bonds is 5. The number of ether oxygens (including phenoxy) is 1. The van der Waals surface area contributed by atoms with E-state index in [1.54, 1.807) is 0 Å². The molecular weight excluding hydrogens is 268 g/mol. The van der Waals surface area contributed by atoms with Crippen molar-refractivity contribution in [3.63, 3.8) is 0 Å². The molecule has 1 aliphatic rings. The number of hydrogen-bond acceptors (Lipinski definition) is 4. The molecule has 0 bridgehead atoms. The van der Waals surface area contributed by atoms with Gasteiger partial charge in [-0.15, -0.1) is 11.3 Å². The minimum atomic E-state index is 0.410. The monoisotopic (exact) mass is 290 g/mol. The van der Waals surface area contributed by atoms with Crippen molar-refractivity contribution in [2.45, 2.75) is 25.6 Å². The normalized spacial score (nSPS) is 20.0. The zero-order chi connectivity index (χ0) is 13.9. The van der Waals surface area contributed by atoms with Crippen LogP contribution < -0.4 is 5.32 Å². The molecule has 3 rings (SSSR count). The Labute approximate surface area is 124 Å². The van der Waals surface area contributed by atoms with Gasteiger partial charge in [-0.25, -0.2) is 0 Å². The van der Waals surface area contributed by atoms with E-state index in [9.17, 15) is 0 Å². The van der Waals surface area contributed by atoms with Gasteiger partial charge in [0.1, 0.15) is 0 Å². The Morgan fingerprint density at radius 3 is 3.00 bits per heavy atom. The number of hydrogen-bond donors (Lipinski definition) is 1. The van der Waals surface area contributed by atoms with E-state index in [4.69, 9.17) is 4.74 Å². The van der Waals surface area contributed by atoms with Gasteiger partial charge in [0.15, 0.2) is 0 Å². The Morgan fingerprint density at radius 1 is 1.40 bits per heavy atom. The van der Waals surface area contributed by atoms with E-state index >= 15 is 0 Å². The fourth-order valence-electron chi connectivity index (χ4n) is 2.98. The summed E-state index contributed by atoms with van der Waals surface area (Å²) in [5.41, 5.74) is 1.50. The van der Waals surface area contributed by atoms with Gasteiger partial charge in [0.05, 0.1) is 6.10 Å². The van der Waals surface area contributed by atoms with Gasteiger partial charge in [-0.2, -0.15) is 0 Å². The Kier molecular flexibility index (Phi) is 4.36. The first-order chi connectivity index (χ1) is 9.81. The minimum Gasteiger partial charge on any atom is -0.380 e. The summed E-state index contributed by atoms with van der Waals surface area (Å²) >= 11 is 1.92. The van der Waals surface area contributed by atoms with Crippen LogP contribution in [-0.2, 0) is 17.8 Å². The van der Waals surface area contributed by atoms with Gasteiger partial charge in [0, 0.05) is 42.9 Å². The SMILES string of the molecule is CNCc1sc2ccccc2c1CN1CCC(OC)C1. The molecule has 0 radical (unpaired) electrons. The highest BCUT2D eigenvalue weighted by Gasteiger charge is 2.23. The Balaban J connectivity index is 1.87. The van der Waals surface area contributed by atoms with Gasteiger partial charge < -0.3 is 10.1 Å². The summed E-state index contributed by atoms with van der Waals surface area (Å²) < 4.78 is 6.87. The maximum Gasteiger partial charge on any atom is 0.0710 e. The second-order valence-corrected chi connectivity index (χ2v) is 6.55. The smallest absolute Gasteiger partial charge is 0.0710 e. The lowest BCUT2D eigenvalue weighted by Crippen LogP contribution is -2.23. The molecule has 108 valence electrons. The topological polar surface area (TPSA) is 24.5 Å². The Bertz CT molecular complexity index is 581. The first-order valence-electron chi connectivity index (χ1n) is 7.21. The third kappa shape index (κ3) is 2.74. The number of thiophene rings is 1. The fraction of sp³-hybridized carbons (Fsp3) is 0.500. The quantitative estimate of drug-likeness (QED) is 0.916. The van der Waals surface area contributed by atoms with Gasteiger partial charge in [-0.05, 0) is 30.5 Å². The molecule has 1 aromatic heterocycles. The van der Waals surface area contributed by atoms with Gasteiger partial charge in [0.25, 0.3) is 0 Å². The lowest BCUT2D eigenvalue weighted by molar-refractivity contribution is 0.107. The zero-order valence-electron chi connectivity index (χ0n) is 12.2. The summed E-state index contributed by atoms with van der Waals surface area (Å²) in [6.07, 6.45) is 1.56. The maximum absolute atomic E-state index is 5.47. The van der Waals surface area contributed by atoms with Crippen molar-refractivity contribution in [3.8, 4) is 0 Å². The Hall–Kier alpha value is -0.940. The summed E-state index contributed by atoms with van der Waals surface area (Å²) in [5, 5.41) is 4.72. The zero-order valence-corrected chi connectivity index (χ0v) is 13.0. The second-order valence-electron chi connectivity index (χ2n) is 5.41. The van der Waals surface area contributed by atoms with Crippen molar-refractivity contribution in [1.29, 1.82) is 0 Å². The molecule has 2 heterocycles. The van der Waals surface area contributed by atoms with Crippen LogP contribution in [0.25, 0.3) is 10.1 Å². The molecule has 2 aromatic rings. The lowest BCUT2D eigenvalue weighted by Gasteiger charge is -2.16. The molecule has 4 heteroatoms. The highest BCUT2D eigenvalue weighted by molar-refractivity contribution is 7.19. The van der Waals surface area contributed by atoms with E-state index in [2.05, 4.69) is 34.5 Å². The van der Waals surface area contributed by atoms with Crippen molar-refractivity contribution in [3.05, 3.63) is 34.7 Å². The molecule has 0 aliphatic carbocycles. The first-order valence-corrected chi connectivity index (χ1v) is 8.02. The van der Waals surface area contributed by atoms with Crippen LogP contribution in [0, 0.1) is 0 Å². The third-order valence-corrected chi connectivity index (χ3v) is 5.28. The van der Waals surface area contributed by atoms with Crippen molar-refractivity contribution in [2.24, 2.45) is 0 Å². The molecule has 3 nitrogen and oxygen atoms in total. The molecule has 20 heavy (non-hydrogen) atoms. The lowest BCUT2D eigenvalue weighted by atomic mass is 10.1. The third-order valence-electron chi connectivity index (χ3n) is 4.06. The van der Waals surface area contributed by atoms with Crippen LogP contribution in [0.15, 0.2) is 24.3 Å². The average Bonchev–Trinajstić information content (AvgIpc) is 3.05. The van der Waals surface area contributed by atoms with Crippen molar-refractivity contribution >= 4 is 21.4 Å². The predicted octanol–water partition coefficient (Wildman–Crippen LogP) is 2.84. The predicted molar refractivity (Wildman–Crippen MR) is 85.3 cm³/mol. The molecule has 1 saturated heterocycles. The van der Waals surface area contributed by atoms with Crippen LogP contribution >= 0.6 is 11.3 Å². The van der Waals surface area contributed by atoms with Gasteiger partial charge >= 0.3 is 0 Å². The van der Waals surface area contributed by atoms with Crippen LogP contribution in [0.5, 0.6) is 0 Å². The second kappa shape index (κ2) is 6.22. The number of nitrogens with one attached hydrogen (secondary N) is 1. The standard InChI is InChI=1S/C16H22N2OS/c1-17-9-16-14(11-18-8-7-12(10-18)19-2)13-5-3-4-6-15(13)20-16/h3-6,12,17H,7-11H2,1-2H3. The molecule has 1 fully saturated rings. The number of likely N-dealkylation sites (tertiary alicyclic amines) is 1.